The molecule has 1 unspecified atom stereocenters. The molecular formula is C13H23NO4. The normalized spacial score (nSPS) is 12.6. The fraction of sp³-hybridized carbons (Fsp3) is 0.692. The molecule has 104 valence electrons. The minimum absolute atomic E-state index is 0.107. The second-order valence-electron chi connectivity index (χ2n) is 5.24. The number of hydrogen-bond donors (Lipinski definition) is 2. The van der Waals surface area contributed by atoms with Crippen LogP contribution in [0.25, 0.3) is 0 Å². The van der Waals surface area contributed by atoms with E-state index < -0.39 is 12.1 Å². The number of ether oxygens (including phenoxy) is 1. The van der Waals surface area contributed by atoms with Gasteiger partial charge in [0.1, 0.15) is 6.61 Å². The highest BCUT2D eigenvalue weighted by atomic mass is 16.5. The summed E-state index contributed by atoms with van der Waals surface area (Å²) in [6.07, 6.45) is 2.24. The molecule has 0 saturated carbocycles. The van der Waals surface area contributed by atoms with Crippen LogP contribution in [0.2, 0.25) is 0 Å². The number of carbonyl (C=O) groups is 2. The third-order valence-electron chi connectivity index (χ3n) is 2.55. The van der Waals surface area contributed by atoms with Gasteiger partial charge in [0, 0.05) is 12.5 Å². The van der Waals surface area contributed by atoms with E-state index in [1.165, 1.54) is 6.08 Å². The predicted molar refractivity (Wildman–Crippen MR) is 69.4 cm³/mol. The van der Waals surface area contributed by atoms with Crippen molar-refractivity contribution in [3.63, 3.8) is 0 Å². The van der Waals surface area contributed by atoms with Crippen molar-refractivity contribution < 1.29 is 19.4 Å². The standard InChI is InChI=1S/C13H23NO4/c1-5-9-18-12(17)14-10(13(2,3)4)7-6-8-11(15)16/h5,10H,1,6-9H2,2-4H3,(H,14,17)(H,15,16). The van der Waals surface area contributed by atoms with Gasteiger partial charge in [-0.2, -0.15) is 0 Å². The van der Waals surface area contributed by atoms with Gasteiger partial charge in [0.15, 0.2) is 0 Å². The Hall–Kier alpha value is -1.52. The Morgan fingerprint density at radius 1 is 1.44 bits per heavy atom. The maximum absolute atomic E-state index is 11.5. The molecule has 0 aromatic carbocycles. The fourth-order valence-electron chi connectivity index (χ4n) is 1.50. The molecule has 1 amide bonds. The molecule has 0 radical (unpaired) electrons. The zero-order valence-electron chi connectivity index (χ0n) is 11.4. The molecule has 2 N–H and O–H groups in total. The third-order valence-corrected chi connectivity index (χ3v) is 2.55. The van der Waals surface area contributed by atoms with Crippen LogP contribution in [-0.2, 0) is 9.53 Å². The average Bonchev–Trinajstić information content (AvgIpc) is 2.23. The van der Waals surface area contributed by atoms with E-state index in [-0.39, 0.29) is 24.5 Å². The molecule has 0 fully saturated rings. The number of aliphatic carboxylic acids is 1. The van der Waals surface area contributed by atoms with Crippen LogP contribution in [0.1, 0.15) is 40.0 Å². The van der Waals surface area contributed by atoms with Crippen LogP contribution >= 0.6 is 0 Å². The number of amides is 1. The molecular weight excluding hydrogens is 234 g/mol. The summed E-state index contributed by atoms with van der Waals surface area (Å²) in [6, 6.07) is -0.117. The van der Waals surface area contributed by atoms with E-state index in [1.807, 2.05) is 20.8 Å². The maximum atomic E-state index is 11.5. The Morgan fingerprint density at radius 3 is 2.50 bits per heavy atom. The van der Waals surface area contributed by atoms with Gasteiger partial charge in [-0.15, -0.1) is 0 Å². The van der Waals surface area contributed by atoms with Gasteiger partial charge in [0.2, 0.25) is 0 Å². The SMILES string of the molecule is C=CCOC(=O)NC(CCCC(=O)O)C(C)(C)C. The summed E-state index contributed by atoms with van der Waals surface area (Å²) in [7, 11) is 0. The van der Waals surface area contributed by atoms with Crippen molar-refractivity contribution in [1.82, 2.24) is 5.32 Å². The first-order valence-corrected chi connectivity index (χ1v) is 6.03. The van der Waals surface area contributed by atoms with E-state index >= 15 is 0 Å². The Bertz CT molecular complexity index is 294. The van der Waals surface area contributed by atoms with Gasteiger partial charge in [-0.25, -0.2) is 4.79 Å². The zero-order valence-corrected chi connectivity index (χ0v) is 11.4. The fourth-order valence-corrected chi connectivity index (χ4v) is 1.50. The summed E-state index contributed by atoms with van der Waals surface area (Å²) in [6.45, 7) is 9.60. The second kappa shape index (κ2) is 7.74. The Kier molecular flexibility index (Phi) is 7.08. The summed E-state index contributed by atoms with van der Waals surface area (Å²) in [5.74, 6) is -0.822. The summed E-state index contributed by atoms with van der Waals surface area (Å²) < 4.78 is 4.86. The van der Waals surface area contributed by atoms with Crippen molar-refractivity contribution >= 4 is 12.1 Å². The molecule has 1 atom stereocenters. The smallest absolute Gasteiger partial charge is 0.407 e. The highest BCUT2D eigenvalue weighted by Gasteiger charge is 2.26. The number of alkyl carbamates (subject to hydrolysis) is 1. The quantitative estimate of drug-likeness (QED) is 0.687. The second-order valence-corrected chi connectivity index (χ2v) is 5.24. The molecule has 0 heterocycles. The Balaban J connectivity index is 4.27. The molecule has 0 saturated heterocycles. The zero-order chi connectivity index (χ0) is 14.2. The summed E-state index contributed by atoms with van der Waals surface area (Å²) >= 11 is 0. The minimum Gasteiger partial charge on any atom is -0.481 e. The van der Waals surface area contributed by atoms with Crippen molar-refractivity contribution in [3.8, 4) is 0 Å². The third kappa shape index (κ3) is 7.70. The van der Waals surface area contributed by atoms with Crippen molar-refractivity contribution in [2.75, 3.05) is 6.61 Å². The summed E-state index contributed by atoms with van der Waals surface area (Å²) in [5, 5.41) is 11.4. The topological polar surface area (TPSA) is 75.6 Å². The van der Waals surface area contributed by atoms with E-state index in [0.717, 1.165) is 0 Å². The Morgan fingerprint density at radius 2 is 2.06 bits per heavy atom. The van der Waals surface area contributed by atoms with Gasteiger partial charge in [0.05, 0.1) is 0 Å². The first kappa shape index (κ1) is 16.5. The van der Waals surface area contributed by atoms with Gasteiger partial charge in [-0.3, -0.25) is 4.79 Å². The molecule has 18 heavy (non-hydrogen) atoms. The number of nitrogens with one attached hydrogen (secondary N) is 1. The van der Waals surface area contributed by atoms with E-state index in [1.54, 1.807) is 0 Å². The first-order chi connectivity index (χ1) is 8.27. The highest BCUT2D eigenvalue weighted by molar-refractivity contribution is 5.68. The van der Waals surface area contributed by atoms with E-state index in [2.05, 4.69) is 11.9 Å². The first-order valence-electron chi connectivity index (χ1n) is 6.03. The van der Waals surface area contributed by atoms with Gasteiger partial charge in [-0.05, 0) is 18.3 Å². The average molecular weight is 257 g/mol. The van der Waals surface area contributed by atoms with Crippen molar-refractivity contribution in [2.24, 2.45) is 5.41 Å². The van der Waals surface area contributed by atoms with Crippen LogP contribution in [-0.4, -0.2) is 29.8 Å². The lowest BCUT2D eigenvalue weighted by Crippen LogP contribution is -2.44. The van der Waals surface area contributed by atoms with Crippen LogP contribution in [0.15, 0.2) is 12.7 Å². The van der Waals surface area contributed by atoms with Crippen LogP contribution in [0, 0.1) is 5.41 Å². The van der Waals surface area contributed by atoms with Crippen molar-refractivity contribution in [2.45, 2.75) is 46.1 Å². The van der Waals surface area contributed by atoms with Gasteiger partial charge >= 0.3 is 12.1 Å². The van der Waals surface area contributed by atoms with Crippen LogP contribution in [0.5, 0.6) is 0 Å². The van der Waals surface area contributed by atoms with E-state index in [9.17, 15) is 9.59 Å². The van der Waals surface area contributed by atoms with Crippen molar-refractivity contribution in [1.29, 1.82) is 0 Å². The molecule has 0 aliphatic carbocycles. The number of carboxylic acid groups (broad SMARTS) is 1. The molecule has 0 aliphatic heterocycles. The number of hydrogen-bond acceptors (Lipinski definition) is 3. The van der Waals surface area contributed by atoms with Crippen LogP contribution in [0.3, 0.4) is 0 Å². The monoisotopic (exact) mass is 257 g/mol. The van der Waals surface area contributed by atoms with Crippen LogP contribution in [0.4, 0.5) is 4.79 Å². The number of carboxylic acids is 1. The Labute approximate surface area is 108 Å². The molecule has 0 spiro atoms. The molecule has 0 aliphatic rings. The lowest BCUT2D eigenvalue weighted by molar-refractivity contribution is -0.137. The minimum atomic E-state index is -0.822. The van der Waals surface area contributed by atoms with E-state index in [4.69, 9.17) is 9.84 Å². The van der Waals surface area contributed by atoms with Gasteiger partial charge in [0.25, 0.3) is 0 Å². The van der Waals surface area contributed by atoms with Gasteiger partial charge < -0.3 is 15.2 Å². The largest absolute Gasteiger partial charge is 0.481 e. The lowest BCUT2D eigenvalue weighted by Gasteiger charge is -2.31. The molecule has 5 nitrogen and oxygen atoms in total. The number of carbonyl (C=O) groups excluding carboxylic acids is 1. The predicted octanol–water partition coefficient (Wildman–Crippen LogP) is 2.57. The maximum Gasteiger partial charge on any atom is 0.407 e. The van der Waals surface area contributed by atoms with E-state index in [0.29, 0.717) is 12.8 Å². The summed E-state index contributed by atoms with van der Waals surface area (Å²) in [5.41, 5.74) is -0.147. The van der Waals surface area contributed by atoms with Crippen LogP contribution < -0.4 is 5.32 Å². The molecule has 5 heteroatoms. The lowest BCUT2D eigenvalue weighted by atomic mass is 9.84. The molecule has 0 aromatic rings. The molecule has 0 rings (SSSR count). The molecule has 0 bridgehead atoms. The number of rotatable bonds is 7. The van der Waals surface area contributed by atoms with Gasteiger partial charge in [-0.1, -0.05) is 33.4 Å². The molecule has 0 aromatic heterocycles. The van der Waals surface area contributed by atoms with Crippen molar-refractivity contribution in [3.05, 3.63) is 12.7 Å². The highest BCUT2D eigenvalue weighted by Crippen LogP contribution is 2.23. The summed E-state index contributed by atoms with van der Waals surface area (Å²) in [4.78, 5) is 21.9.